The molecule has 0 bridgehead atoms. The molecule has 11 heavy (non-hydrogen) atoms. The van der Waals surface area contributed by atoms with Gasteiger partial charge in [0.1, 0.15) is 5.60 Å². The molecule has 2 rings (SSSR count). The van der Waals surface area contributed by atoms with Gasteiger partial charge in [0.05, 0.1) is 6.61 Å². The molecule has 1 heterocycles. The Hall–Kier alpha value is -0.530. The van der Waals surface area contributed by atoms with Gasteiger partial charge in [-0.1, -0.05) is 23.7 Å². The Labute approximate surface area is 70.9 Å². The third-order valence-electron chi connectivity index (χ3n) is 2.03. The summed E-state index contributed by atoms with van der Waals surface area (Å²) in [6.45, 7) is 2.91. The van der Waals surface area contributed by atoms with Crippen LogP contribution in [0, 0.1) is 0 Å². The van der Waals surface area contributed by atoms with Gasteiger partial charge in [-0.25, -0.2) is 0 Å². The Kier molecular flexibility index (Phi) is 1.44. The van der Waals surface area contributed by atoms with E-state index in [9.17, 15) is 0 Å². The van der Waals surface area contributed by atoms with Crippen LogP contribution in [0.1, 0.15) is 12.5 Å². The van der Waals surface area contributed by atoms with Crippen LogP contribution < -0.4 is 0 Å². The highest BCUT2D eigenvalue weighted by atomic mass is 35.5. The molecule has 0 aliphatic carbocycles. The summed E-state index contributed by atoms with van der Waals surface area (Å²) >= 11 is 5.74. The van der Waals surface area contributed by atoms with Crippen LogP contribution in [-0.4, -0.2) is 6.61 Å². The third kappa shape index (κ3) is 1.26. The molecule has 0 radical (unpaired) electrons. The molecule has 1 aromatic rings. The fraction of sp³-hybridized carbons (Fsp3) is 0.333. The minimum atomic E-state index is -0.0232. The second-order valence-electron chi connectivity index (χ2n) is 3.03. The molecule has 1 saturated heterocycles. The predicted octanol–water partition coefficient (Wildman–Crippen LogP) is 2.59. The summed E-state index contributed by atoms with van der Waals surface area (Å²) in [5, 5.41) is 0.776. The van der Waals surface area contributed by atoms with Gasteiger partial charge >= 0.3 is 0 Å². The van der Waals surface area contributed by atoms with E-state index in [4.69, 9.17) is 16.3 Å². The Morgan fingerprint density at radius 1 is 1.36 bits per heavy atom. The minimum Gasteiger partial charge on any atom is -0.365 e. The highest BCUT2D eigenvalue weighted by molar-refractivity contribution is 6.30. The van der Waals surface area contributed by atoms with E-state index in [2.05, 4.69) is 6.92 Å². The van der Waals surface area contributed by atoms with Crippen molar-refractivity contribution >= 4 is 11.6 Å². The van der Waals surface area contributed by atoms with Gasteiger partial charge in [-0.3, -0.25) is 0 Å². The lowest BCUT2D eigenvalue weighted by atomic mass is 10.0. The first-order valence-corrected chi connectivity index (χ1v) is 3.98. The van der Waals surface area contributed by atoms with Crippen LogP contribution in [0.4, 0.5) is 0 Å². The van der Waals surface area contributed by atoms with Crippen LogP contribution in [-0.2, 0) is 10.3 Å². The summed E-state index contributed by atoms with van der Waals surface area (Å²) in [6, 6.07) is 7.80. The maximum atomic E-state index is 5.74. The van der Waals surface area contributed by atoms with Gasteiger partial charge in [-0.2, -0.15) is 0 Å². The third-order valence-corrected chi connectivity index (χ3v) is 2.28. The first-order valence-electron chi connectivity index (χ1n) is 3.61. The van der Waals surface area contributed by atoms with E-state index in [1.54, 1.807) is 0 Å². The standard InChI is InChI=1S/C9H9ClO/c1-9(6-11-9)7-2-4-8(10)5-3-7/h2-5H,6H2,1H3/t9-/m0/s1. The molecule has 1 nitrogen and oxygen atoms in total. The van der Waals surface area contributed by atoms with Crippen LogP contribution in [0.5, 0.6) is 0 Å². The predicted molar refractivity (Wildman–Crippen MR) is 44.8 cm³/mol. The van der Waals surface area contributed by atoms with E-state index in [0.29, 0.717) is 0 Å². The van der Waals surface area contributed by atoms with E-state index < -0.39 is 0 Å². The largest absolute Gasteiger partial charge is 0.365 e. The first kappa shape index (κ1) is 7.14. The number of hydrogen-bond donors (Lipinski definition) is 0. The van der Waals surface area contributed by atoms with Gasteiger partial charge in [0.15, 0.2) is 0 Å². The van der Waals surface area contributed by atoms with Crippen molar-refractivity contribution in [2.75, 3.05) is 6.61 Å². The number of hydrogen-bond acceptors (Lipinski definition) is 1. The lowest BCUT2D eigenvalue weighted by molar-refractivity contribution is 0.329. The molecule has 58 valence electrons. The van der Waals surface area contributed by atoms with Crippen molar-refractivity contribution in [1.82, 2.24) is 0 Å². The minimum absolute atomic E-state index is 0.0232. The number of epoxide rings is 1. The van der Waals surface area contributed by atoms with Crippen molar-refractivity contribution in [3.8, 4) is 0 Å². The second-order valence-corrected chi connectivity index (χ2v) is 3.46. The van der Waals surface area contributed by atoms with Crippen molar-refractivity contribution in [3.05, 3.63) is 34.9 Å². The van der Waals surface area contributed by atoms with E-state index >= 15 is 0 Å². The molecule has 1 aliphatic heterocycles. The summed E-state index contributed by atoms with van der Waals surface area (Å²) in [6.07, 6.45) is 0. The van der Waals surface area contributed by atoms with Crippen molar-refractivity contribution in [2.45, 2.75) is 12.5 Å². The maximum absolute atomic E-state index is 5.74. The molecule has 1 atom stereocenters. The molecular formula is C9H9ClO. The molecule has 2 heteroatoms. The topological polar surface area (TPSA) is 12.5 Å². The van der Waals surface area contributed by atoms with E-state index in [0.717, 1.165) is 11.6 Å². The van der Waals surface area contributed by atoms with E-state index in [-0.39, 0.29) is 5.60 Å². The summed E-state index contributed by atoms with van der Waals surface area (Å²) in [4.78, 5) is 0. The van der Waals surface area contributed by atoms with Crippen LogP contribution in [0.15, 0.2) is 24.3 Å². The zero-order valence-electron chi connectivity index (χ0n) is 6.30. The quantitative estimate of drug-likeness (QED) is 0.588. The average molecular weight is 169 g/mol. The molecule has 1 aliphatic rings. The summed E-state index contributed by atoms with van der Waals surface area (Å²) in [7, 11) is 0. The molecule has 0 saturated carbocycles. The molecule has 0 aromatic heterocycles. The SMILES string of the molecule is C[C@@]1(c2ccc(Cl)cc2)CO1. The highest BCUT2D eigenvalue weighted by Crippen LogP contribution is 2.37. The molecule has 0 spiro atoms. The first-order chi connectivity index (χ1) is 5.21. The Morgan fingerprint density at radius 3 is 2.36 bits per heavy atom. The average Bonchev–Trinajstić information content (AvgIpc) is 2.70. The van der Waals surface area contributed by atoms with Gasteiger partial charge in [0.2, 0.25) is 0 Å². The van der Waals surface area contributed by atoms with E-state index in [1.165, 1.54) is 5.56 Å². The van der Waals surface area contributed by atoms with Crippen LogP contribution in [0.2, 0.25) is 5.02 Å². The van der Waals surface area contributed by atoms with Gasteiger partial charge in [0.25, 0.3) is 0 Å². The van der Waals surface area contributed by atoms with Crippen molar-refractivity contribution < 1.29 is 4.74 Å². The van der Waals surface area contributed by atoms with Gasteiger partial charge in [-0.05, 0) is 24.6 Å². The fourth-order valence-corrected chi connectivity index (χ4v) is 1.20. The lowest BCUT2D eigenvalue weighted by Crippen LogP contribution is -2.00. The van der Waals surface area contributed by atoms with Crippen LogP contribution in [0.3, 0.4) is 0 Å². The zero-order chi connectivity index (χ0) is 7.90. The molecule has 0 unspecified atom stereocenters. The Morgan fingerprint density at radius 2 is 1.91 bits per heavy atom. The Balaban J connectivity index is 2.33. The monoisotopic (exact) mass is 168 g/mol. The number of benzene rings is 1. The Bertz CT molecular complexity index is 261. The highest BCUT2D eigenvalue weighted by Gasteiger charge is 2.40. The van der Waals surface area contributed by atoms with Gasteiger partial charge in [0, 0.05) is 5.02 Å². The molecule has 0 amide bonds. The summed E-state index contributed by atoms with van der Waals surface area (Å²) in [5.41, 5.74) is 1.19. The summed E-state index contributed by atoms with van der Waals surface area (Å²) in [5.74, 6) is 0. The zero-order valence-corrected chi connectivity index (χ0v) is 7.06. The van der Waals surface area contributed by atoms with Crippen molar-refractivity contribution in [1.29, 1.82) is 0 Å². The molecule has 1 fully saturated rings. The van der Waals surface area contributed by atoms with Gasteiger partial charge in [-0.15, -0.1) is 0 Å². The maximum Gasteiger partial charge on any atom is 0.114 e. The summed E-state index contributed by atoms with van der Waals surface area (Å²) < 4.78 is 5.28. The number of rotatable bonds is 1. The fourth-order valence-electron chi connectivity index (χ4n) is 1.08. The van der Waals surface area contributed by atoms with Crippen molar-refractivity contribution in [3.63, 3.8) is 0 Å². The van der Waals surface area contributed by atoms with E-state index in [1.807, 2.05) is 24.3 Å². The van der Waals surface area contributed by atoms with Gasteiger partial charge < -0.3 is 4.74 Å². The number of halogens is 1. The molecular weight excluding hydrogens is 160 g/mol. The van der Waals surface area contributed by atoms with Crippen LogP contribution in [0.25, 0.3) is 0 Å². The van der Waals surface area contributed by atoms with Crippen molar-refractivity contribution in [2.24, 2.45) is 0 Å². The smallest absolute Gasteiger partial charge is 0.114 e. The number of ether oxygens (including phenoxy) is 1. The normalized spacial score (nSPS) is 28.5. The van der Waals surface area contributed by atoms with Crippen LogP contribution >= 0.6 is 11.6 Å². The lowest BCUT2D eigenvalue weighted by Gasteiger charge is -2.03. The molecule has 0 N–H and O–H groups in total. The second kappa shape index (κ2) is 2.23. The molecule has 1 aromatic carbocycles.